The number of nitrogens with zero attached hydrogens (tertiary/aromatic N) is 1. The van der Waals surface area contributed by atoms with E-state index in [0.29, 0.717) is 12.0 Å². The fraction of sp³-hybridized carbons (Fsp3) is 0.647. The number of benzene rings is 1. The number of aliphatic hydroxyl groups excluding tert-OH is 1. The van der Waals surface area contributed by atoms with Crippen LogP contribution >= 0.6 is 0 Å². The molecule has 1 aromatic carbocycles. The van der Waals surface area contributed by atoms with E-state index in [2.05, 4.69) is 49.2 Å². The van der Waals surface area contributed by atoms with Crippen molar-refractivity contribution < 1.29 is 5.11 Å². The fourth-order valence-corrected chi connectivity index (χ4v) is 3.01. The normalized spacial score (nSPS) is 17.7. The van der Waals surface area contributed by atoms with Crippen molar-refractivity contribution >= 4 is 5.69 Å². The Hall–Kier alpha value is -1.06. The van der Waals surface area contributed by atoms with E-state index in [1.54, 1.807) is 0 Å². The lowest BCUT2D eigenvalue weighted by atomic mass is 9.96. The second-order valence-corrected chi connectivity index (χ2v) is 6.00. The Morgan fingerprint density at radius 3 is 2.85 bits per heavy atom. The molecule has 0 bridgehead atoms. The Morgan fingerprint density at radius 2 is 2.15 bits per heavy atom. The maximum atomic E-state index is 9.25. The van der Waals surface area contributed by atoms with Crippen LogP contribution in [-0.2, 0) is 6.42 Å². The number of rotatable bonds is 6. The van der Waals surface area contributed by atoms with Crippen LogP contribution < -0.4 is 10.2 Å². The van der Waals surface area contributed by atoms with E-state index in [1.807, 2.05) is 0 Å². The molecule has 3 heteroatoms. The van der Waals surface area contributed by atoms with Gasteiger partial charge in [0.1, 0.15) is 0 Å². The predicted molar refractivity (Wildman–Crippen MR) is 85.3 cm³/mol. The van der Waals surface area contributed by atoms with Crippen molar-refractivity contribution in [3.05, 3.63) is 29.3 Å². The van der Waals surface area contributed by atoms with E-state index >= 15 is 0 Å². The topological polar surface area (TPSA) is 35.5 Å². The molecule has 112 valence electrons. The van der Waals surface area contributed by atoms with Crippen molar-refractivity contribution in [3.8, 4) is 0 Å². The summed E-state index contributed by atoms with van der Waals surface area (Å²) < 4.78 is 0. The number of hydrogen-bond donors (Lipinski definition) is 2. The lowest BCUT2D eigenvalue weighted by Crippen LogP contribution is -2.34. The summed E-state index contributed by atoms with van der Waals surface area (Å²) in [6, 6.07) is 7.28. The molecular formula is C17H28N2O. The largest absolute Gasteiger partial charge is 0.396 e. The molecule has 2 atom stereocenters. The Balaban J connectivity index is 2.17. The number of nitrogens with one attached hydrogen (secondary N) is 1. The monoisotopic (exact) mass is 276 g/mol. The van der Waals surface area contributed by atoms with Gasteiger partial charge in [-0.15, -0.1) is 0 Å². The van der Waals surface area contributed by atoms with Gasteiger partial charge in [-0.1, -0.05) is 26.0 Å². The molecule has 0 saturated heterocycles. The standard InChI is InChI=1S/C17H28N2O/c1-4-18-14(3)15-7-8-17-16(10-15)6-5-9-19(17)11-13(2)12-20/h7-8,10,13-14,18,20H,4-6,9,11-12H2,1-3H3. The van der Waals surface area contributed by atoms with Gasteiger partial charge in [0, 0.05) is 31.4 Å². The Bertz CT molecular complexity index is 433. The summed E-state index contributed by atoms with van der Waals surface area (Å²) in [5.41, 5.74) is 4.20. The Kier molecular flexibility index (Phi) is 5.44. The quantitative estimate of drug-likeness (QED) is 0.838. The van der Waals surface area contributed by atoms with Crippen molar-refractivity contribution in [2.45, 2.75) is 39.7 Å². The van der Waals surface area contributed by atoms with Gasteiger partial charge < -0.3 is 15.3 Å². The molecule has 1 aliphatic heterocycles. The maximum Gasteiger partial charge on any atom is 0.0473 e. The van der Waals surface area contributed by atoms with Crippen LogP contribution in [0.5, 0.6) is 0 Å². The van der Waals surface area contributed by atoms with Gasteiger partial charge in [-0.25, -0.2) is 0 Å². The molecule has 0 aliphatic carbocycles. The molecule has 1 aromatic rings. The van der Waals surface area contributed by atoms with Crippen molar-refractivity contribution in [2.75, 3.05) is 31.1 Å². The number of aryl methyl sites for hydroxylation is 1. The fourth-order valence-electron chi connectivity index (χ4n) is 3.01. The average Bonchev–Trinajstić information content (AvgIpc) is 2.47. The zero-order valence-electron chi connectivity index (χ0n) is 13.0. The highest BCUT2D eigenvalue weighted by atomic mass is 16.3. The maximum absolute atomic E-state index is 9.25. The summed E-state index contributed by atoms with van der Waals surface area (Å²) in [6.45, 7) is 9.80. The van der Waals surface area contributed by atoms with Crippen LogP contribution in [0.15, 0.2) is 18.2 Å². The number of hydrogen-bond acceptors (Lipinski definition) is 3. The lowest BCUT2D eigenvalue weighted by molar-refractivity contribution is 0.239. The molecule has 0 aromatic heterocycles. The first-order chi connectivity index (χ1) is 9.65. The average molecular weight is 276 g/mol. The Morgan fingerprint density at radius 1 is 1.35 bits per heavy atom. The molecular weight excluding hydrogens is 248 g/mol. The third-order valence-corrected chi connectivity index (χ3v) is 4.17. The number of fused-ring (bicyclic) bond motifs is 1. The summed E-state index contributed by atoms with van der Waals surface area (Å²) in [4.78, 5) is 2.43. The third-order valence-electron chi connectivity index (χ3n) is 4.17. The Labute approximate surface area is 123 Å². The molecule has 20 heavy (non-hydrogen) atoms. The molecule has 1 aliphatic rings. The van der Waals surface area contributed by atoms with E-state index < -0.39 is 0 Å². The van der Waals surface area contributed by atoms with Gasteiger partial charge in [0.25, 0.3) is 0 Å². The van der Waals surface area contributed by atoms with E-state index in [-0.39, 0.29) is 6.61 Å². The van der Waals surface area contributed by atoms with Gasteiger partial charge in [-0.05, 0) is 49.4 Å². The van der Waals surface area contributed by atoms with E-state index in [0.717, 1.165) is 19.6 Å². The molecule has 3 nitrogen and oxygen atoms in total. The van der Waals surface area contributed by atoms with Crippen LogP contribution in [0.3, 0.4) is 0 Å². The number of anilines is 1. The minimum absolute atomic E-state index is 0.265. The molecule has 0 amide bonds. The molecule has 0 spiro atoms. The minimum Gasteiger partial charge on any atom is -0.396 e. The molecule has 2 unspecified atom stereocenters. The van der Waals surface area contributed by atoms with E-state index in [4.69, 9.17) is 0 Å². The first kappa shape index (κ1) is 15.3. The molecule has 0 saturated carbocycles. The second-order valence-electron chi connectivity index (χ2n) is 6.00. The molecule has 2 N–H and O–H groups in total. The van der Waals surface area contributed by atoms with Crippen LogP contribution in [0.1, 0.15) is 44.4 Å². The van der Waals surface area contributed by atoms with Gasteiger partial charge in [0.2, 0.25) is 0 Å². The van der Waals surface area contributed by atoms with Crippen LogP contribution in [0.25, 0.3) is 0 Å². The third kappa shape index (κ3) is 3.53. The van der Waals surface area contributed by atoms with Crippen LogP contribution in [0, 0.1) is 5.92 Å². The SMILES string of the molecule is CCNC(C)c1ccc2c(c1)CCCN2CC(C)CO. The number of aliphatic hydroxyl groups is 1. The van der Waals surface area contributed by atoms with E-state index in [1.165, 1.54) is 29.7 Å². The zero-order chi connectivity index (χ0) is 14.5. The van der Waals surface area contributed by atoms with Gasteiger partial charge in [-0.3, -0.25) is 0 Å². The van der Waals surface area contributed by atoms with Gasteiger partial charge >= 0.3 is 0 Å². The summed E-state index contributed by atoms with van der Waals surface area (Å²) in [7, 11) is 0. The van der Waals surface area contributed by atoms with Crippen molar-refractivity contribution in [1.82, 2.24) is 5.32 Å². The zero-order valence-corrected chi connectivity index (χ0v) is 13.0. The van der Waals surface area contributed by atoms with Gasteiger partial charge in [0.15, 0.2) is 0 Å². The summed E-state index contributed by atoms with van der Waals surface area (Å²) in [6.07, 6.45) is 2.39. The van der Waals surface area contributed by atoms with Gasteiger partial charge in [-0.2, -0.15) is 0 Å². The van der Waals surface area contributed by atoms with Crippen molar-refractivity contribution in [1.29, 1.82) is 0 Å². The molecule has 1 heterocycles. The predicted octanol–water partition coefficient (Wildman–Crippen LogP) is 2.74. The van der Waals surface area contributed by atoms with Crippen molar-refractivity contribution in [2.24, 2.45) is 5.92 Å². The first-order valence-electron chi connectivity index (χ1n) is 7.87. The van der Waals surface area contributed by atoms with Crippen LogP contribution in [-0.4, -0.2) is 31.3 Å². The van der Waals surface area contributed by atoms with Crippen molar-refractivity contribution in [3.63, 3.8) is 0 Å². The molecule has 2 rings (SSSR count). The second kappa shape index (κ2) is 7.09. The molecule has 0 fully saturated rings. The molecule has 0 radical (unpaired) electrons. The smallest absolute Gasteiger partial charge is 0.0473 e. The minimum atomic E-state index is 0.265. The lowest BCUT2D eigenvalue weighted by Gasteiger charge is -2.33. The summed E-state index contributed by atoms with van der Waals surface area (Å²) in [5.74, 6) is 0.335. The van der Waals surface area contributed by atoms with Crippen LogP contribution in [0.2, 0.25) is 0 Å². The summed E-state index contributed by atoms with van der Waals surface area (Å²) >= 11 is 0. The first-order valence-corrected chi connectivity index (χ1v) is 7.87. The summed E-state index contributed by atoms with van der Waals surface area (Å²) in [5, 5.41) is 12.7. The van der Waals surface area contributed by atoms with E-state index in [9.17, 15) is 5.11 Å². The highest BCUT2D eigenvalue weighted by Crippen LogP contribution is 2.30. The van der Waals surface area contributed by atoms with Gasteiger partial charge in [0.05, 0.1) is 0 Å². The highest BCUT2D eigenvalue weighted by molar-refractivity contribution is 5.57. The highest BCUT2D eigenvalue weighted by Gasteiger charge is 2.19. The van der Waals surface area contributed by atoms with Crippen LogP contribution in [0.4, 0.5) is 5.69 Å².